The van der Waals surface area contributed by atoms with E-state index in [4.69, 9.17) is 9.47 Å². The Morgan fingerprint density at radius 1 is 0.644 bits per heavy atom. The number of ether oxygens (including phenoxy) is 2. The maximum atomic E-state index is 15.2. The average Bonchev–Trinajstić information content (AvgIpc) is 3.06. The van der Waals surface area contributed by atoms with Crippen molar-refractivity contribution >= 4 is 45.6 Å². The van der Waals surface area contributed by atoms with Crippen molar-refractivity contribution in [3.8, 4) is 22.6 Å². The Morgan fingerprint density at radius 3 is 1.78 bits per heavy atom. The van der Waals surface area contributed by atoms with Crippen LogP contribution >= 0.6 is 11.6 Å². The third kappa shape index (κ3) is 4.33. The van der Waals surface area contributed by atoms with Crippen LogP contribution in [-0.2, 0) is 5.41 Å². The van der Waals surface area contributed by atoms with E-state index in [1.165, 1.54) is 0 Å². The van der Waals surface area contributed by atoms with Gasteiger partial charge in [0.2, 0.25) is 0 Å². The monoisotopic (exact) mass is 629 g/mol. The molecule has 0 fully saturated rings. The van der Waals surface area contributed by atoms with E-state index in [-0.39, 0.29) is 0 Å². The van der Waals surface area contributed by atoms with Crippen LogP contribution in [0.25, 0.3) is 11.1 Å². The zero-order chi connectivity index (χ0) is 31.8. The molecule has 2 heterocycles. The fourth-order valence-corrected chi connectivity index (χ4v) is 7.80. The second kappa shape index (κ2) is 10.6. The van der Waals surface area contributed by atoms with Crippen LogP contribution < -0.4 is 25.3 Å². The minimum Gasteiger partial charge on any atom is -0.497 e. The van der Waals surface area contributed by atoms with E-state index in [1.807, 2.05) is 60.7 Å². The minimum absolute atomic E-state index is 0.432. The summed E-state index contributed by atoms with van der Waals surface area (Å²) in [6, 6.07) is 24.5. The van der Waals surface area contributed by atoms with Crippen molar-refractivity contribution < 1.29 is 31.4 Å². The predicted octanol–water partition coefficient (Wildman–Crippen LogP) is 8.39. The molecule has 5 aromatic carbocycles. The first-order valence-corrected chi connectivity index (χ1v) is 15.0. The molecule has 45 heavy (non-hydrogen) atoms. The largest absolute Gasteiger partial charge is 0.497 e. The van der Waals surface area contributed by atoms with E-state index < -0.39 is 46.0 Å². The van der Waals surface area contributed by atoms with Gasteiger partial charge in [0, 0.05) is 21.5 Å². The summed E-state index contributed by atoms with van der Waals surface area (Å²) in [6.07, 6.45) is 0. The van der Waals surface area contributed by atoms with Crippen LogP contribution in [0.3, 0.4) is 0 Å². The first kappa shape index (κ1) is 29.3. The summed E-state index contributed by atoms with van der Waals surface area (Å²) in [7, 11) is 3.23. The average molecular weight is 629 g/mol. The lowest BCUT2D eigenvalue weighted by Gasteiger charge is -2.42. The van der Waals surface area contributed by atoms with Gasteiger partial charge in [0.25, 0.3) is 5.99 Å². The SMILES string of the molecule is COc1ccc2c(c1)C(C)(C)c1cc(OC)ccc1N2c1ccc2c(c1)-c1ccccc1SB2c1c(F)c(F)c(F)c(F)c1F. The molecule has 0 N–H and O–H groups in total. The summed E-state index contributed by atoms with van der Waals surface area (Å²) in [6.45, 7) is 4.27. The lowest BCUT2D eigenvalue weighted by Crippen LogP contribution is -2.47. The first-order valence-electron chi connectivity index (χ1n) is 14.1. The quantitative estimate of drug-likeness (QED) is 0.0862. The molecular weight excluding hydrogens is 604 g/mol. The van der Waals surface area contributed by atoms with Gasteiger partial charge in [-0.15, -0.1) is 0 Å². The number of fused-ring (bicyclic) bond motifs is 5. The number of halogens is 5. The molecule has 0 aromatic heterocycles. The van der Waals surface area contributed by atoms with Gasteiger partial charge in [0.05, 0.1) is 25.6 Å². The van der Waals surface area contributed by atoms with Crippen LogP contribution in [0, 0.1) is 29.1 Å². The van der Waals surface area contributed by atoms with Crippen LogP contribution in [0.1, 0.15) is 25.0 Å². The molecule has 5 aromatic rings. The highest BCUT2D eigenvalue weighted by Gasteiger charge is 2.41. The van der Waals surface area contributed by atoms with E-state index in [0.717, 1.165) is 45.4 Å². The highest BCUT2D eigenvalue weighted by molar-refractivity contribution is 8.28. The number of hydrogen-bond acceptors (Lipinski definition) is 4. The lowest BCUT2D eigenvalue weighted by atomic mass is 9.58. The maximum Gasteiger partial charge on any atom is 0.288 e. The molecule has 0 radical (unpaired) electrons. The Bertz CT molecular complexity index is 1950. The van der Waals surface area contributed by atoms with Crippen molar-refractivity contribution in [1.82, 2.24) is 0 Å². The molecule has 226 valence electrons. The van der Waals surface area contributed by atoms with Gasteiger partial charge in [0.15, 0.2) is 29.1 Å². The van der Waals surface area contributed by atoms with Crippen molar-refractivity contribution in [3.63, 3.8) is 0 Å². The summed E-state index contributed by atoms with van der Waals surface area (Å²) in [4.78, 5) is 2.76. The Hall–Kier alpha value is -4.44. The van der Waals surface area contributed by atoms with E-state index >= 15 is 8.78 Å². The van der Waals surface area contributed by atoms with Gasteiger partial charge < -0.3 is 14.4 Å². The summed E-state index contributed by atoms with van der Waals surface area (Å²) in [5.41, 5.74) is 5.15. The molecule has 0 spiro atoms. The summed E-state index contributed by atoms with van der Waals surface area (Å²) in [5, 5.41) is 0. The van der Waals surface area contributed by atoms with Crippen molar-refractivity contribution in [3.05, 3.63) is 119 Å². The van der Waals surface area contributed by atoms with Gasteiger partial charge in [0.1, 0.15) is 11.5 Å². The second-order valence-corrected chi connectivity index (χ2v) is 12.6. The van der Waals surface area contributed by atoms with Crippen molar-refractivity contribution in [2.45, 2.75) is 24.2 Å². The smallest absolute Gasteiger partial charge is 0.288 e. The number of rotatable bonds is 4. The molecule has 7 rings (SSSR count). The molecule has 0 unspecified atom stereocenters. The Kier molecular flexibility index (Phi) is 6.89. The summed E-state index contributed by atoms with van der Waals surface area (Å²) < 4.78 is 84.3. The zero-order valence-corrected chi connectivity index (χ0v) is 25.5. The van der Waals surface area contributed by atoms with E-state index in [0.29, 0.717) is 27.4 Å². The molecule has 2 aliphatic rings. The molecule has 3 nitrogen and oxygen atoms in total. The van der Waals surface area contributed by atoms with Crippen molar-refractivity contribution in [1.29, 1.82) is 0 Å². The van der Waals surface area contributed by atoms with Crippen molar-refractivity contribution in [2.75, 3.05) is 19.1 Å². The van der Waals surface area contributed by atoms with Crippen LogP contribution in [0.15, 0.2) is 83.8 Å². The third-order valence-corrected chi connectivity index (χ3v) is 10.1. The van der Waals surface area contributed by atoms with Gasteiger partial charge in [-0.05, 0) is 76.9 Å². The molecule has 2 aliphatic heterocycles. The van der Waals surface area contributed by atoms with E-state index in [1.54, 1.807) is 32.4 Å². The molecule has 0 bridgehead atoms. The first-order chi connectivity index (χ1) is 21.6. The van der Waals surface area contributed by atoms with Gasteiger partial charge >= 0.3 is 0 Å². The number of methoxy groups -OCH3 is 2. The molecule has 0 atom stereocenters. The van der Waals surface area contributed by atoms with E-state index in [9.17, 15) is 13.2 Å². The fourth-order valence-electron chi connectivity index (χ4n) is 6.42. The molecule has 0 saturated carbocycles. The predicted molar refractivity (Wildman–Crippen MR) is 169 cm³/mol. The maximum absolute atomic E-state index is 15.2. The standard InChI is InChI=1S/C35H25BF5NO2S/c1-35(2)23-16-19(43-3)10-13-26(23)42(27-14-11-20(44-4)17-24(27)35)18-9-12-25-22(15-18)21-7-5-6-8-28(21)45-36(25)29-30(37)32(39)34(41)33(40)31(29)38/h5-17H,1-4H3. The molecule has 0 aliphatic carbocycles. The second-order valence-electron chi connectivity index (χ2n) is 11.5. The normalized spacial score (nSPS) is 14.3. The van der Waals surface area contributed by atoms with Gasteiger partial charge in [-0.25, -0.2) is 22.0 Å². The van der Waals surface area contributed by atoms with E-state index in [2.05, 4.69) is 18.7 Å². The minimum atomic E-state index is -2.18. The Balaban J connectivity index is 1.48. The number of nitrogens with zero attached hydrogens (tertiary/aromatic N) is 1. The highest BCUT2D eigenvalue weighted by atomic mass is 32.2. The fraction of sp³-hybridized carbons (Fsp3) is 0.143. The van der Waals surface area contributed by atoms with Crippen LogP contribution in [0.2, 0.25) is 0 Å². The number of anilines is 3. The lowest BCUT2D eigenvalue weighted by molar-refractivity contribution is 0.384. The van der Waals surface area contributed by atoms with Gasteiger partial charge in [-0.2, -0.15) is 11.6 Å². The van der Waals surface area contributed by atoms with Crippen LogP contribution in [0.4, 0.5) is 39.0 Å². The molecule has 0 saturated heterocycles. The Labute approximate surface area is 261 Å². The highest BCUT2D eigenvalue weighted by Crippen LogP contribution is 2.54. The molecule has 0 amide bonds. The number of benzene rings is 5. The van der Waals surface area contributed by atoms with Crippen LogP contribution in [0.5, 0.6) is 11.5 Å². The van der Waals surface area contributed by atoms with Crippen LogP contribution in [-0.4, -0.2) is 20.2 Å². The summed E-state index contributed by atoms with van der Waals surface area (Å²) >= 11 is 1.05. The molecule has 10 heteroatoms. The Morgan fingerprint density at radius 2 is 1.20 bits per heavy atom. The molecular formula is C35H25BF5NO2S. The topological polar surface area (TPSA) is 21.7 Å². The van der Waals surface area contributed by atoms with Crippen molar-refractivity contribution in [2.24, 2.45) is 0 Å². The summed E-state index contributed by atoms with van der Waals surface area (Å²) in [5.74, 6) is -9.53. The zero-order valence-electron chi connectivity index (χ0n) is 24.6. The van der Waals surface area contributed by atoms with Gasteiger partial charge in [-0.3, -0.25) is 0 Å². The number of hydrogen-bond donors (Lipinski definition) is 0. The third-order valence-electron chi connectivity index (χ3n) is 8.74. The van der Waals surface area contributed by atoms with Gasteiger partial charge in [-0.1, -0.05) is 43.6 Å².